The molecule has 0 aliphatic carbocycles. The summed E-state index contributed by atoms with van der Waals surface area (Å²) in [7, 11) is 3.57. The van der Waals surface area contributed by atoms with Gasteiger partial charge in [-0.2, -0.15) is 0 Å². The molecule has 18 heavy (non-hydrogen) atoms. The minimum absolute atomic E-state index is 0.117. The molecule has 0 spiro atoms. The zero-order valence-corrected chi connectivity index (χ0v) is 12.1. The number of methoxy groups -OCH3 is 1. The van der Waals surface area contributed by atoms with Crippen molar-refractivity contribution in [3.05, 3.63) is 0 Å². The Balaban J connectivity index is 2.40. The molecule has 1 aliphatic rings. The molecule has 1 rings (SSSR count). The molecule has 2 N–H and O–H groups in total. The zero-order valence-electron chi connectivity index (χ0n) is 12.1. The van der Waals surface area contributed by atoms with Gasteiger partial charge in [0.15, 0.2) is 5.96 Å². The minimum atomic E-state index is -0.117. The molecular formula is C13H27N3O2. The monoisotopic (exact) mass is 257 g/mol. The van der Waals surface area contributed by atoms with Crippen molar-refractivity contribution in [3.8, 4) is 0 Å². The third kappa shape index (κ3) is 4.82. The van der Waals surface area contributed by atoms with E-state index in [1.807, 2.05) is 0 Å². The second kappa shape index (κ2) is 7.59. The lowest BCUT2D eigenvalue weighted by molar-refractivity contribution is -0.0855. The van der Waals surface area contributed by atoms with Gasteiger partial charge in [-0.3, -0.25) is 4.99 Å². The molecule has 0 bridgehead atoms. The molecule has 1 aliphatic heterocycles. The second-order valence-corrected chi connectivity index (χ2v) is 5.20. The van der Waals surface area contributed by atoms with Gasteiger partial charge in [0.05, 0.1) is 5.60 Å². The van der Waals surface area contributed by atoms with Gasteiger partial charge in [-0.25, -0.2) is 0 Å². The van der Waals surface area contributed by atoms with Gasteiger partial charge in [-0.15, -0.1) is 0 Å². The first-order chi connectivity index (χ1) is 8.62. The van der Waals surface area contributed by atoms with Crippen LogP contribution in [0.2, 0.25) is 0 Å². The van der Waals surface area contributed by atoms with Gasteiger partial charge in [-0.1, -0.05) is 13.8 Å². The van der Waals surface area contributed by atoms with Crippen molar-refractivity contribution in [2.24, 2.45) is 10.9 Å². The maximum atomic E-state index is 5.67. The number of nitrogens with one attached hydrogen (secondary N) is 2. The Morgan fingerprint density at radius 2 is 2.00 bits per heavy atom. The van der Waals surface area contributed by atoms with Crippen molar-refractivity contribution in [3.63, 3.8) is 0 Å². The Labute approximate surface area is 110 Å². The number of guanidine groups is 1. The SMILES string of the molecule is CN=C(NCC(C)C)NCC1(OC)CCOCC1. The maximum Gasteiger partial charge on any atom is 0.191 e. The Bertz CT molecular complexity index is 261. The summed E-state index contributed by atoms with van der Waals surface area (Å²) < 4.78 is 11.1. The minimum Gasteiger partial charge on any atom is -0.381 e. The van der Waals surface area contributed by atoms with E-state index in [4.69, 9.17) is 9.47 Å². The van der Waals surface area contributed by atoms with Crippen LogP contribution in [-0.4, -0.2) is 52.0 Å². The van der Waals surface area contributed by atoms with Gasteiger partial charge >= 0.3 is 0 Å². The Morgan fingerprint density at radius 1 is 1.33 bits per heavy atom. The summed E-state index contributed by atoms with van der Waals surface area (Å²) in [5, 5.41) is 6.65. The van der Waals surface area contributed by atoms with Gasteiger partial charge in [0.2, 0.25) is 0 Å². The summed E-state index contributed by atoms with van der Waals surface area (Å²) >= 11 is 0. The highest BCUT2D eigenvalue weighted by Gasteiger charge is 2.32. The van der Waals surface area contributed by atoms with E-state index in [0.717, 1.165) is 45.1 Å². The highest BCUT2D eigenvalue weighted by atomic mass is 16.5. The fraction of sp³-hybridized carbons (Fsp3) is 0.923. The second-order valence-electron chi connectivity index (χ2n) is 5.20. The summed E-state index contributed by atoms with van der Waals surface area (Å²) in [6.45, 7) is 7.58. The van der Waals surface area contributed by atoms with Crippen LogP contribution in [0.5, 0.6) is 0 Å². The molecule has 0 radical (unpaired) electrons. The standard InChI is InChI=1S/C13H27N3O2/c1-11(2)9-15-12(14-3)16-10-13(17-4)5-7-18-8-6-13/h11H,5-10H2,1-4H3,(H2,14,15,16). The molecular weight excluding hydrogens is 230 g/mol. The van der Waals surface area contributed by atoms with Crippen LogP contribution in [0.4, 0.5) is 0 Å². The number of hydrogen-bond acceptors (Lipinski definition) is 3. The van der Waals surface area contributed by atoms with Crippen molar-refractivity contribution < 1.29 is 9.47 Å². The van der Waals surface area contributed by atoms with E-state index in [2.05, 4.69) is 29.5 Å². The number of aliphatic imine (C=N–C) groups is 1. The molecule has 0 aromatic heterocycles. The summed E-state index contributed by atoms with van der Waals surface area (Å²) in [6, 6.07) is 0. The molecule has 5 heteroatoms. The fourth-order valence-electron chi connectivity index (χ4n) is 1.96. The third-order valence-corrected chi connectivity index (χ3v) is 3.32. The lowest BCUT2D eigenvalue weighted by Gasteiger charge is -2.36. The normalized spacial score (nSPS) is 19.9. The molecule has 0 aromatic rings. The summed E-state index contributed by atoms with van der Waals surface area (Å²) in [4.78, 5) is 4.22. The first-order valence-corrected chi connectivity index (χ1v) is 6.69. The van der Waals surface area contributed by atoms with E-state index in [-0.39, 0.29) is 5.60 Å². The van der Waals surface area contributed by atoms with Crippen LogP contribution in [0.3, 0.4) is 0 Å². The number of nitrogens with zero attached hydrogens (tertiary/aromatic N) is 1. The van der Waals surface area contributed by atoms with E-state index < -0.39 is 0 Å². The van der Waals surface area contributed by atoms with Gasteiger partial charge in [0.25, 0.3) is 0 Å². The Morgan fingerprint density at radius 3 is 2.50 bits per heavy atom. The molecule has 0 atom stereocenters. The van der Waals surface area contributed by atoms with Crippen molar-refractivity contribution in [2.45, 2.75) is 32.3 Å². The topological polar surface area (TPSA) is 54.9 Å². The molecule has 5 nitrogen and oxygen atoms in total. The van der Waals surface area contributed by atoms with Crippen molar-refractivity contribution in [1.82, 2.24) is 10.6 Å². The van der Waals surface area contributed by atoms with Crippen LogP contribution in [-0.2, 0) is 9.47 Å². The van der Waals surface area contributed by atoms with Crippen LogP contribution >= 0.6 is 0 Å². The predicted octanol–water partition coefficient (Wildman–Crippen LogP) is 1.00. The lowest BCUT2D eigenvalue weighted by Crippen LogP contribution is -2.51. The van der Waals surface area contributed by atoms with Crippen molar-refractivity contribution >= 4 is 5.96 Å². The number of hydrogen-bond donors (Lipinski definition) is 2. The molecule has 0 unspecified atom stereocenters. The zero-order chi connectivity index (χ0) is 13.4. The van der Waals surface area contributed by atoms with Gasteiger partial charge in [-0.05, 0) is 5.92 Å². The van der Waals surface area contributed by atoms with Crippen LogP contribution in [0.15, 0.2) is 4.99 Å². The first kappa shape index (κ1) is 15.2. The fourth-order valence-corrected chi connectivity index (χ4v) is 1.96. The quantitative estimate of drug-likeness (QED) is 0.570. The van der Waals surface area contributed by atoms with E-state index in [0.29, 0.717) is 5.92 Å². The van der Waals surface area contributed by atoms with Crippen LogP contribution in [0, 0.1) is 5.92 Å². The summed E-state index contributed by atoms with van der Waals surface area (Å²) in [5.41, 5.74) is -0.117. The highest BCUT2D eigenvalue weighted by molar-refractivity contribution is 5.79. The van der Waals surface area contributed by atoms with Crippen LogP contribution in [0.25, 0.3) is 0 Å². The van der Waals surface area contributed by atoms with E-state index in [1.54, 1.807) is 14.2 Å². The molecule has 1 saturated heterocycles. The molecule has 1 heterocycles. The molecule has 0 saturated carbocycles. The van der Waals surface area contributed by atoms with E-state index in [1.165, 1.54) is 0 Å². The smallest absolute Gasteiger partial charge is 0.191 e. The first-order valence-electron chi connectivity index (χ1n) is 6.69. The average Bonchev–Trinajstić information content (AvgIpc) is 2.40. The summed E-state index contributed by atoms with van der Waals surface area (Å²) in [5.74, 6) is 1.44. The largest absolute Gasteiger partial charge is 0.381 e. The number of rotatable bonds is 5. The number of ether oxygens (including phenoxy) is 2. The molecule has 106 valence electrons. The van der Waals surface area contributed by atoms with Crippen LogP contribution in [0.1, 0.15) is 26.7 Å². The average molecular weight is 257 g/mol. The lowest BCUT2D eigenvalue weighted by atomic mass is 9.94. The van der Waals surface area contributed by atoms with Crippen molar-refractivity contribution in [2.75, 3.05) is 40.5 Å². The Kier molecular flexibility index (Phi) is 6.43. The highest BCUT2D eigenvalue weighted by Crippen LogP contribution is 2.23. The van der Waals surface area contributed by atoms with Crippen molar-refractivity contribution in [1.29, 1.82) is 0 Å². The van der Waals surface area contributed by atoms with Gasteiger partial charge in [0, 0.05) is 53.3 Å². The molecule has 0 aromatic carbocycles. The maximum absolute atomic E-state index is 5.67. The van der Waals surface area contributed by atoms with Gasteiger partial charge < -0.3 is 20.1 Å². The molecule has 0 amide bonds. The summed E-state index contributed by atoms with van der Waals surface area (Å²) in [6.07, 6.45) is 1.86. The van der Waals surface area contributed by atoms with E-state index in [9.17, 15) is 0 Å². The molecule has 1 fully saturated rings. The van der Waals surface area contributed by atoms with E-state index >= 15 is 0 Å². The Hall–Kier alpha value is -0.810. The third-order valence-electron chi connectivity index (χ3n) is 3.32. The van der Waals surface area contributed by atoms with Gasteiger partial charge in [0.1, 0.15) is 0 Å². The van der Waals surface area contributed by atoms with Crippen LogP contribution < -0.4 is 10.6 Å². The predicted molar refractivity (Wildman–Crippen MR) is 74.0 cm³/mol.